The van der Waals surface area contributed by atoms with Crippen LogP contribution in [0.2, 0.25) is 5.02 Å². The summed E-state index contributed by atoms with van der Waals surface area (Å²) in [5, 5.41) is 3.15. The summed E-state index contributed by atoms with van der Waals surface area (Å²) in [4.78, 5) is 25.8. The molecular formula is C19H16ClF3N2O2. The van der Waals surface area contributed by atoms with Gasteiger partial charge in [-0.1, -0.05) is 29.8 Å². The summed E-state index contributed by atoms with van der Waals surface area (Å²) in [6.07, 6.45) is -4.74. The topological polar surface area (TPSA) is 49.4 Å². The Kier molecular flexibility index (Phi) is 5.15. The normalized spacial score (nSPS) is 17.3. The number of halogens is 4. The minimum atomic E-state index is -4.59. The molecule has 8 heteroatoms. The number of nitrogens with zero attached hydrogens (tertiary/aromatic N) is 1. The van der Waals surface area contributed by atoms with Crippen molar-refractivity contribution in [2.75, 3.05) is 16.8 Å². The Morgan fingerprint density at radius 2 is 1.93 bits per heavy atom. The van der Waals surface area contributed by atoms with Crippen LogP contribution in [0.25, 0.3) is 0 Å². The fourth-order valence-corrected chi connectivity index (χ4v) is 3.16. The van der Waals surface area contributed by atoms with E-state index >= 15 is 0 Å². The number of amides is 2. The lowest BCUT2D eigenvalue weighted by molar-refractivity contribution is -0.137. The number of para-hydroxylation sites is 1. The highest BCUT2D eigenvalue weighted by molar-refractivity contribution is 6.31. The number of aryl methyl sites for hydroxylation is 1. The summed E-state index contributed by atoms with van der Waals surface area (Å²) < 4.78 is 39.6. The van der Waals surface area contributed by atoms with E-state index in [1.165, 1.54) is 18.2 Å². The van der Waals surface area contributed by atoms with Crippen molar-refractivity contribution in [1.82, 2.24) is 0 Å². The van der Waals surface area contributed by atoms with E-state index in [2.05, 4.69) is 5.32 Å². The van der Waals surface area contributed by atoms with Crippen molar-refractivity contribution in [3.63, 3.8) is 0 Å². The quantitative estimate of drug-likeness (QED) is 0.820. The van der Waals surface area contributed by atoms with Gasteiger partial charge in [0.15, 0.2) is 0 Å². The van der Waals surface area contributed by atoms with Gasteiger partial charge in [0, 0.05) is 23.7 Å². The zero-order valence-corrected chi connectivity index (χ0v) is 15.1. The summed E-state index contributed by atoms with van der Waals surface area (Å²) >= 11 is 6.02. The zero-order chi connectivity index (χ0) is 19.8. The highest BCUT2D eigenvalue weighted by Crippen LogP contribution is 2.38. The van der Waals surface area contributed by atoms with E-state index < -0.39 is 29.5 Å². The molecule has 142 valence electrons. The number of carbonyl (C=O) groups is 2. The van der Waals surface area contributed by atoms with Crippen molar-refractivity contribution < 1.29 is 22.8 Å². The second-order valence-corrected chi connectivity index (χ2v) is 6.78. The smallest absolute Gasteiger partial charge is 0.326 e. The van der Waals surface area contributed by atoms with Crippen molar-refractivity contribution in [2.24, 2.45) is 5.92 Å². The van der Waals surface area contributed by atoms with Gasteiger partial charge in [-0.05, 0) is 36.8 Å². The predicted molar refractivity (Wildman–Crippen MR) is 96.7 cm³/mol. The third-order valence-electron chi connectivity index (χ3n) is 4.44. The van der Waals surface area contributed by atoms with E-state index in [1.807, 2.05) is 6.92 Å². The summed E-state index contributed by atoms with van der Waals surface area (Å²) in [5.41, 5.74) is 0.186. The predicted octanol–water partition coefficient (Wildman–Crippen LogP) is 4.66. The molecule has 0 radical (unpaired) electrons. The molecule has 1 fully saturated rings. The molecule has 1 N–H and O–H groups in total. The number of anilines is 2. The monoisotopic (exact) mass is 396 g/mol. The van der Waals surface area contributed by atoms with Crippen LogP contribution in [0.4, 0.5) is 24.5 Å². The molecule has 1 unspecified atom stereocenters. The molecule has 2 aromatic rings. The number of hydrogen-bond acceptors (Lipinski definition) is 2. The van der Waals surface area contributed by atoms with E-state index in [9.17, 15) is 22.8 Å². The van der Waals surface area contributed by atoms with Gasteiger partial charge in [0.2, 0.25) is 11.8 Å². The Morgan fingerprint density at radius 3 is 2.59 bits per heavy atom. The van der Waals surface area contributed by atoms with E-state index in [1.54, 1.807) is 18.2 Å². The Balaban J connectivity index is 1.78. The molecule has 2 aromatic carbocycles. The second kappa shape index (κ2) is 7.23. The first-order chi connectivity index (χ1) is 12.7. The second-order valence-electron chi connectivity index (χ2n) is 6.37. The van der Waals surface area contributed by atoms with Gasteiger partial charge in [-0.2, -0.15) is 13.2 Å². The van der Waals surface area contributed by atoms with Gasteiger partial charge in [0.05, 0.1) is 17.2 Å². The van der Waals surface area contributed by atoms with Crippen molar-refractivity contribution in [3.05, 3.63) is 58.6 Å². The lowest BCUT2D eigenvalue weighted by atomic mass is 10.1. The Bertz CT molecular complexity index is 899. The lowest BCUT2D eigenvalue weighted by Crippen LogP contribution is -2.29. The van der Waals surface area contributed by atoms with Gasteiger partial charge >= 0.3 is 6.18 Å². The minimum absolute atomic E-state index is 0.114. The molecule has 1 aliphatic rings. The van der Waals surface area contributed by atoms with E-state index in [-0.39, 0.29) is 18.7 Å². The van der Waals surface area contributed by atoms with Crippen LogP contribution in [0.15, 0.2) is 42.5 Å². The Hall–Kier alpha value is -2.54. The third-order valence-corrected chi connectivity index (χ3v) is 4.84. The van der Waals surface area contributed by atoms with Crippen LogP contribution in [0.1, 0.15) is 17.5 Å². The maximum atomic E-state index is 13.2. The summed E-state index contributed by atoms with van der Waals surface area (Å²) in [7, 11) is 0. The molecular weight excluding hydrogens is 381 g/mol. The van der Waals surface area contributed by atoms with Crippen LogP contribution in [0.5, 0.6) is 0 Å². The third kappa shape index (κ3) is 4.08. The van der Waals surface area contributed by atoms with Gasteiger partial charge in [-0.25, -0.2) is 0 Å². The average molecular weight is 397 g/mol. The number of benzene rings is 2. The van der Waals surface area contributed by atoms with E-state index in [0.717, 1.165) is 16.5 Å². The molecule has 1 aliphatic heterocycles. The Labute approximate surface area is 158 Å². The SMILES string of the molecule is Cc1ccc(NC(=O)C2CC(=O)N(c3ccccc3C(F)(F)F)C2)cc1Cl. The van der Waals surface area contributed by atoms with Crippen LogP contribution >= 0.6 is 11.6 Å². The van der Waals surface area contributed by atoms with Crippen LogP contribution in [-0.2, 0) is 15.8 Å². The van der Waals surface area contributed by atoms with E-state index in [4.69, 9.17) is 11.6 Å². The summed E-state index contributed by atoms with van der Waals surface area (Å²) in [6.45, 7) is 1.71. The standard InChI is InChI=1S/C19H16ClF3N2O2/c1-11-6-7-13(9-15(11)20)24-18(27)12-8-17(26)25(10-12)16-5-3-2-4-14(16)19(21,22)23/h2-7,9,12H,8,10H2,1H3,(H,24,27). The maximum Gasteiger partial charge on any atom is 0.418 e. The van der Waals surface area contributed by atoms with Crippen molar-refractivity contribution >= 4 is 34.8 Å². The molecule has 0 aliphatic carbocycles. The molecule has 1 saturated heterocycles. The van der Waals surface area contributed by atoms with Crippen molar-refractivity contribution in [2.45, 2.75) is 19.5 Å². The molecule has 0 aromatic heterocycles. The molecule has 27 heavy (non-hydrogen) atoms. The zero-order valence-electron chi connectivity index (χ0n) is 14.3. The first-order valence-electron chi connectivity index (χ1n) is 8.20. The largest absolute Gasteiger partial charge is 0.418 e. The van der Waals surface area contributed by atoms with Crippen LogP contribution < -0.4 is 10.2 Å². The lowest BCUT2D eigenvalue weighted by Gasteiger charge is -2.21. The van der Waals surface area contributed by atoms with Crippen molar-refractivity contribution in [1.29, 1.82) is 0 Å². The van der Waals surface area contributed by atoms with E-state index in [0.29, 0.717) is 10.7 Å². The molecule has 4 nitrogen and oxygen atoms in total. The minimum Gasteiger partial charge on any atom is -0.326 e. The van der Waals surface area contributed by atoms with Gasteiger partial charge in [0.25, 0.3) is 0 Å². The fraction of sp³-hybridized carbons (Fsp3) is 0.263. The molecule has 1 atom stereocenters. The van der Waals surface area contributed by atoms with Gasteiger partial charge < -0.3 is 10.2 Å². The Morgan fingerprint density at radius 1 is 1.22 bits per heavy atom. The molecule has 1 heterocycles. The van der Waals surface area contributed by atoms with Crippen LogP contribution in [0.3, 0.4) is 0 Å². The van der Waals surface area contributed by atoms with Gasteiger partial charge in [-0.3, -0.25) is 9.59 Å². The first-order valence-corrected chi connectivity index (χ1v) is 8.58. The average Bonchev–Trinajstić information content (AvgIpc) is 2.99. The van der Waals surface area contributed by atoms with Crippen LogP contribution in [0, 0.1) is 12.8 Å². The van der Waals surface area contributed by atoms with Crippen molar-refractivity contribution in [3.8, 4) is 0 Å². The molecule has 3 rings (SSSR count). The number of alkyl halides is 3. The first kappa shape index (κ1) is 19.2. The summed E-state index contributed by atoms with van der Waals surface area (Å²) in [5.74, 6) is -1.71. The van der Waals surface area contributed by atoms with Gasteiger partial charge in [-0.15, -0.1) is 0 Å². The molecule has 0 spiro atoms. The number of carbonyl (C=O) groups excluding carboxylic acids is 2. The highest BCUT2D eigenvalue weighted by Gasteiger charge is 2.40. The number of nitrogens with one attached hydrogen (secondary N) is 1. The fourth-order valence-electron chi connectivity index (χ4n) is 2.98. The molecule has 0 bridgehead atoms. The number of hydrogen-bond donors (Lipinski definition) is 1. The number of rotatable bonds is 3. The summed E-state index contributed by atoms with van der Waals surface area (Å²) in [6, 6.07) is 9.85. The van der Waals surface area contributed by atoms with Gasteiger partial charge in [0.1, 0.15) is 0 Å². The molecule has 0 saturated carbocycles. The maximum absolute atomic E-state index is 13.2. The van der Waals surface area contributed by atoms with Crippen LogP contribution in [-0.4, -0.2) is 18.4 Å². The molecule has 2 amide bonds. The highest BCUT2D eigenvalue weighted by atomic mass is 35.5.